The van der Waals surface area contributed by atoms with Crippen LogP contribution in [-0.4, -0.2) is 22.6 Å². The number of para-hydroxylation sites is 2. The van der Waals surface area contributed by atoms with Crippen LogP contribution in [0.1, 0.15) is 18.1 Å². The Bertz CT molecular complexity index is 496. The molecule has 0 amide bonds. The third-order valence-corrected chi connectivity index (χ3v) is 2.15. The number of benzene rings is 2. The van der Waals surface area contributed by atoms with Crippen molar-refractivity contribution in [1.82, 2.24) is 0 Å². The molecule has 0 aliphatic heterocycles. The van der Waals surface area contributed by atoms with Crippen LogP contribution < -0.4 is 0 Å². The van der Waals surface area contributed by atoms with Crippen molar-refractivity contribution in [3.63, 3.8) is 0 Å². The molecule has 0 saturated heterocycles. The number of hydrogen-bond donors (Lipinski definition) is 2. The average molecular weight is 328 g/mol. The Balaban J connectivity index is 0. The van der Waals surface area contributed by atoms with Gasteiger partial charge in [-0.1, -0.05) is 36.4 Å². The number of phenols is 2. The van der Waals surface area contributed by atoms with Crippen LogP contribution in [0.5, 0.6) is 11.5 Å². The van der Waals surface area contributed by atoms with Gasteiger partial charge in [0.25, 0.3) is 0 Å². The van der Waals surface area contributed by atoms with Gasteiger partial charge in [-0.15, -0.1) is 0 Å². The van der Waals surface area contributed by atoms with Crippen LogP contribution in [-0.2, 0) is 16.8 Å². The summed E-state index contributed by atoms with van der Waals surface area (Å²) < 4.78 is 0. The Labute approximate surface area is 135 Å². The van der Waals surface area contributed by atoms with Gasteiger partial charge in [-0.05, 0) is 23.3 Å². The molecule has 2 rings (SSSR count). The van der Waals surface area contributed by atoms with Gasteiger partial charge in [0.2, 0.25) is 0 Å². The third-order valence-electron chi connectivity index (χ3n) is 2.15. The Morgan fingerprint density at radius 3 is 1.24 bits per heavy atom. The molecule has 0 aromatic heterocycles. The number of nitrogens with zero attached hydrogens (tertiary/aromatic N) is 2. The van der Waals surface area contributed by atoms with Crippen molar-refractivity contribution in [1.29, 1.82) is 0 Å². The predicted molar refractivity (Wildman–Crippen MR) is 84.3 cm³/mol. The zero-order valence-corrected chi connectivity index (χ0v) is 12.6. The van der Waals surface area contributed by atoms with Crippen molar-refractivity contribution in [2.45, 2.75) is 6.92 Å². The SMILES string of the molecule is [CH2-]C.[Co+3].[N-]=Cc1ccccc1O.[N-]=Cc1ccccc1O. The second-order valence-corrected chi connectivity index (χ2v) is 3.38. The fourth-order valence-electron chi connectivity index (χ4n) is 1.19. The maximum absolute atomic E-state index is 8.92. The standard InChI is InChI=1S/2C7H6NO.C2H5.Co/c2*8-5-6-3-1-2-4-7(6)9;1-2;/h2*1-5,9H;1H2,2H3;/q3*-1;+3. The zero-order valence-electron chi connectivity index (χ0n) is 11.6. The first kappa shape index (κ1) is 21.2. The minimum atomic E-state index is 0. The number of phenolic OH excluding ortho intramolecular Hbond substituents is 2. The predicted octanol–water partition coefficient (Wildman–Crippen LogP) is 3.60. The van der Waals surface area contributed by atoms with Crippen LogP contribution in [0.2, 0.25) is 0 Å². The summed E-state index contributed by atoms with van der Waals surface area (Å²) in [6.07, 6.45) is 1.74. The van der Waals surface area contributed by atoms with Crippen LogP contribution in [0.3, 0.4) is 0 Å². The number of rotatable bonds is 2. The second kappa shape index (κ2) is 12.9. The Morgan fingerprint density at radius 1 is 0.762 bits per heavy atom. The summed E-state index contributed by atoms with van der Waals surface area (Å²) in [6, 6.07) is 13.1. The molecule has 4 nitrogen and oxygen atoms in total. The molecule has 5 heteroatoms. The molecule has 0 aliphatic rings. The van der Waals surface area contributed by atoms with Crippen LogP contribution in [0.25, 0.3) is 10.8 Å². The van der Waals surface area contributed by atoms with E-state index in [4.69, 9.17) is 21.0 Å². The third kappa shape index (κ3) is 7.91. The fourth-order valence-corrected chi connectivity index (χ4v) is 1.19. The number of hydrogen-bond acceptors (Lipinski definition) is 2. The van der Waals surface area contributed by atoms with E-state index in [-0.39, 0.29) is 28.3 Å². The van der Waals surface area contributed by atoms with Crippen LogP contribution >= 0.6 is 0 Å². The second-order valence-electron chi connectivity index (χ2n) is 3.38. The smallest absolute Gasteiger partial charge is 0.810 e. The molecule has 0 saturated carbocycles. The Hall–Kier alpha value is -2.11. The van der Waals surface area contributed by atoms with Gasteiger partial charge in [-0.3, -0.25) is 0 Å². The van der Waals surface area contributed by atoms with E-state index in [1.54, 1.807) is 43.3 Å². The summed E-state index contributed by atoms with van der Waals surface area (Å²) in [4.78, 5) is 0. The summed E-state index contributed by atoms with van der Waals surface area (Å²) in [5, 5.41) is 34.7. The summed E-state index contributed by atoms with van der Waals surface area (Å²) in [6.45, 7) is 5.00. The molecule has 0 spiro atoms. The van der Waals surface area contributed by atoms with E-state index in [1.807, 2.05) is 0 Å². The molecular weight excluding hydrogens is 311 g/mol. The van der Waals surface area contributed by atoms with Crippen LogP contribution in [0.4, 0.5) is 0 Å². The monoisotopic (exact) mass is 328 g/mol. The van der Waals surface area contributed by atoms with Crippen molar-refractivity contribution < 1.29 is 27.0 Å². The molecule has 2 N–H and O–H groups in total. The Kier molecular flexibility index (Phi) is 13.0. The van der Waals surface area contributed by atoms with E-state index in [0.29, 0.717) is 11.1 Å². The molecule has 2 aromatic carbocycles. The molecule has 0 unspecified atom stereocenters. The van der Waals surface area contributed by atoms with Gasteiger partial charge in [0.15, 0.2) is 0 Å². The summed E-state index contributed by atoms with van der Waals surface area (Å²) >= 11 is 0. The minimum absolute atomic E-state index is 0. The van der Waals surface area contributed by atoms with E-state index < -0.39 is 0 Å². The molecule has 0 bridgehead atoms. The Morgan fingerprint density at radius 2 is 1.05 bits per heavy atom. The van der Waals surface area contributed by atoms with Gasteiger partial charge in [0.05, 0.1) is 0 Å². The van der Waals surface area contributed by atoms with E-state index in [0.717, 1.165) is 12.4 Å². The largest absolute Gasteiger partial charge is 3.00 e. The van der Waals surface area contributed by atoms with Crippen LogP contribution in [0.15, 0.2) is 48.5 Å². The molecule has 2 aromatic rings. The normalized spacial score (nSPS) is 7.90. The van der Waals surface area contributed by atoms with Gasteiger partial charge in [0, 0.05) is 0 Å². The topological polar surface area (TPSA) is 85.1 Å². The van der Waals surface area contributed by atoms with Gasteiger partial charge < -0.3 is 28.0 Å². The maximum atomic E-state index is 8.92. The quantitative estimate of drug-likeness (QED) is 0.652. The number of aromatic hydroxyl groups is 2. The summed E-state index contributed by atoms with van der Waals surface area (Å²) in [5.74, 6) is 0.194. The first-order chi connectivity index (χ1) is 9.69. The van der Waals surface area contributed by atoms with Gasteiger partial charge in [0.1, 0.15) is 11.5 Å². The van der Waals surface area contributed by atoms with Crippen LogP contribution in [0, 0.1) is 6.92 Å². The van der Waals surface area contributed by atoms with Crippen molar-refractivity contribution in [2.75, 3.05) is 0 Å². The van der Waals surface area contributed by atoms with Gasteiger partial charge in [-0.2, -0.15) is 19.4 Å². The molecular formula is C16H17CoN2O2. The first-order valence-corrected chi connectivity index (χ1v) is 5.90. The van der Waals surface area contributed by atoms with Gasteiger partial charge in [-0.25, -0.2) is 0 Å². The molecule has 0 aliphatic carbocycles. The average Bonchev–Trinajstić information content (AvgIpc) is 2.51. The van der Waals surface area contributed by atoms with Crippen molar-refractivity contribution in [3.05, 3.63) is 77.4 Å². The molecule has 0 fully saturated rings. The van der Waals surface area contributed by atoms with E-state index in [2.05, 4.69) is 6.92 Å². The maximum Gasteiger partial charge on any atom is 3.00 e. The zero-order chi connectivity index (χ0) is 15.4. The van der Waals surface area contributed by atoms with Gasteiger partial charge >= 0.3 is 16.8 Å². The van der Waals surface area contributed by atoms with E-state index >= 15 is 0 Å². The first-order valence-electron chi connectivity index (χ1n) is 5.90. The van der Waals surface area contributed by atoms with Crippen molar-refractivity contribution >= 4 is 12.4 Å². The van der Waals surface area contributed by atoms with Crippen molar-refractivity contribution in [2.24, 2.45) is 0 Å². The minimum Gasteiger partial charge on any atom is -0.810 e. The van der Waals surface area contributed by atoms with E-state index in [9.17, 15) is 0 Å². The summed E-state index contributed by atoms with van der Waals surface area (Å²) in [5.41, 5.74) is 0.884. The molecule has 112 valence electrons. The fraction of sp³-hybridized carbons (Fsp3) is 0.0625. The molecule has 0 radical (unpaired) electrons. The molecule has 0 heterocycles. The summed E-state index contributed by atoms with van der Waals surface area (Å²) in [7, 11) is 0. The van der Waals surface area contributed by atoms with E-state index in [1.165, 1.54) is 12.1 Å². The molecule has 21 heavy (non-hydrogen) atoms. The van der Waals surface area contributed by atoms with Crippen molar-refractivity contribution in [3.8, 4) is 11.5 Å². The molecule has 0 atom stereocenters.